The maximum absolute atomic E-state index is 5.85. The fraction of sp³-hybridized carbons (Fsp3) is 0.231. The highest BCUT2D eigenvalue weighted by molar-refractivity contribution is 6.30. The van der Waals surface area contributed by atoms with Crippen LogP contribution in [-0.2, 0) is 13.1 Å². The maximum Gasteiger partial charge on any atom is 0.144 e. The minimum absolute atomic E-state index is 0.500. The summed E-state index contributed by atoms with van der Waals surface area (Å²) in [7, 11) is 2.02. The number of nitrogens with two attached hydrogens (primary N) is 1. The van der Waals surface area contributed by atoms with Crippen molar-refractivity contribution in [3.05, 3.63) is 52.9 Å². The number of anilines is 1. The molecule has 5 heteroatoms. The number of nitrogens with zero attached hydrogens (tertiary/aromatic N) is 3. The van der Waals surface area contributed by atoms with Crippen LogP contribution in [-0.4, -0.2) is 21.9 Å². The fourth-order valence-corrected chi connectivity index (χ4v) is 1.82. The van der Waals surface area contributed by atoms with E-state index in [2.05, 4.69) is 14.9 Å². The molecule has 0 aliphatic carbocycles. The van der Waals surface area contributed by atoms with Crippen LogP contribution in [0.3, 0.4) is 0 Å². The number of hydrogen-bond acceptors (Lipinski definition) is 4. The first-order chi connectivity index (χ1) is 8.63. The Morgan fingerprint density at radius 3 is 2.56 bits per heavy atom. The third-order valence-corrected chi connectivity index (χ3v) is 2.76. The summed E-state index contributed by atoms with van der Waals surface area (Å²) in [5.41, 5.74) is 6.82. The van der Waals surface area contributed by atoms with E-state index in [1.54, 1.807) is 12.3 Å². The van der Waals surface area contributed by atoms with E-state index < -0.39 is 0 Å². The molecular weight excluding hydrogens is 248 g/mol. The first-order valence-corrected chi connectivity index (χ1v) is 6.01. The maximum atomic E-state index is 5.85. The van der Waals surface area contributed by atoms with Crippen LogP contribution in [0.1, 0.15) is 11.4 Å². The first-order valence-electron chi connectivity index (χ1n) is 5.64. The van der Waals surface area contributed by atoms with Gasteiger partial charge in [0.2, 0.25) is 0 Å². The van der Waals surface area contributed by atoms with Crippen molar-refractivity contribution in [2.75, 3.05) is 12.8 Å². The van der Waals surface area contributed by atoms with Gasteiger partial charge in [-0.15, -0.1) is 0 Å². The van der Waals surface area contributed by atoms with Crippen molar-refractivity contribution in [2.24, 2.45) is 0 Å². The zero-order chi connectivity index (χ0) is 13.0. The molecule has 1 aromatic carbocycles. The van der Waals surface area contributed by atoms with Gasteiger partial charge in [0.25, 0.3) is 0 Å². The van der Waals surface area contributed by atoms with Gasteiger partial charge in [-0.25, -0.2) is 9.97 Å². The molecule has 2 aromatic rings. The number of nitrogen functional groups attached to an aromatic ring is 1. The molecular formula is C13H15ClN4. The van der Waals surface area contributed by atoms with Crippen molar-refractivity contribution in [1.29, 1.82) is 0 Å². The number of rotatable bonds is 4. The predicted molar refractivity (Wildman–Crippen MR) is 73.1 cm³/mol. The van der Waals surface area contributed by atoms with E-state index >= 15 is 0 Å². The molecule has 0 spiro atoms. The lowest BCUT2D eigenvalue weighted by molar-refractivity contribution is 0.311. The van der Waals surface area contributed by atoms with Gasteiger partial charge < -0.3 is 5.73 Å². The van der Waals surface area contributed by atoms with Crippen LogP contribution in [0.2, 0.25) is 5.02 Å². The molecule has 0 saturated carbocycles. The summed E-state index contributed by atoms with van der Waals surface area (Å²) in [5.74, 6) is 1.23. The molecule has 2 rings (SSSR count). The van der Waals surface area contributed by atoms with E-state index in [0.717, 1.165) is 17.4 Å². The van der Waals surface area contributed by atoms with Gasteiger partial charge in [-0.05, 0) is 30.8 Å². The number of halogens is 1. The zero-order valence-corrected chi connectivity index (χ0v) is 10.9. The van der Waals surface area contributed by atoms with Gasteiger partial charge in [-0.3, -0.25) is 4.90 Å². The Bertz CT molecular complexity index is 513. The standard InChI is InChI=1S/C13H15ClN4/c1-18(8-10-2-4-11(14)5-3-10)9-13-16-7-6-12(15)17-13/h2-7H,8-9H2,1H3,(H2,15,16,17). The monoisotopic (exact) mass is 262 g/mol. The summed E-state index contributed by atoms with van der Waals surface area (Å²) in [6.07, 6.45) is 1.67. The molecule has 4 nitrogen and oxygen atoms in total. The predicted octanol–water partition coefficient (Wildman–Crippen LogP) is 2.34. The summed E-state index contributed by atoms with van der Waals surface area (Å²) in [4.78, 5) is 10.5. The van der Waals surface area contributed by atoms with Crippen LogP contribution in [0.5, 0.6) is 0 Å². The second-order valence-corrected chi connectivity index (χ2v) is 4.63. The zero-order valence-electron chi connectivity index (χ0n) is 10.2. The van der Waals surface area contributed by atoms with Crippen LogP contribution in [0.4, 0.5) is 5.82 Å². The minimum Gasteiger partial charge on any atom is -0.384 e. The van der Waals surface area contributed by atoms with Crippen molar-refractivity contribution >= 4 is 17.4 Å². The Morgan fingerprint density at radius 2 is 1.89 bits per heavy atom. The lowest BCUT2D eigenvalue weighted by Gasteiger charge is -2.15. The Kier molecular flexibility index (Phi) is 4.12. The summed E-state index contributed by atoms with van der Waals surface area (Å²) >= 11 is 5.85. The second kappa shape index (κ2) is 5.80. The van der Waals surface area contributed by atoms with Crippen LogP contribution in [0, 0.1) is 0 Å². The molecule has 18 heavy (non-hydrogen) atoms. The van der Waals surface area contributed by atoms with Crippen molar-refractivity contribution in [2.45, 2.75) is 13.1 Å². The van der Waals surface area contributed by atoms with Gasteiger partial charge >= 0.3 is 0 Å². The molecule has 1 aromatic heterocycles. The average molecular weight is 263 g/mol. The van der Waals surface area contributed by atoms with Crippen molar-refractivity contribution in [3.8, 4) is 0 Å². The molecule has 1 heterocycles. The third kappa shape index (κ3) is 3.68. The molecule has 0 saturated heterocycles. The molecule has 0 unspecified atom stereocenters. The van der Waals surface area contributed by atoms with Crippen molar-refractivity contribution < 1.29 is 0 Å². The molecule has 0 atom stereocenters. The van der Waals surface area contributed by atoms with E-state index in [0.29, 0.717) is 12.4 Å². The number of hydrogen-bond donors (Lipinski definition) is 1. The largest absolute Gasteiger partial charge is 0.384 e. The van der Waals surface area contributed by atoms with Gasteiger partial charge in [-0.2, -0.15) is 0 Å². The average Bonchev–Trinajstić information content (AvgIpc) is 2.32. The van der Waals surface area contributed by atoms with Gasteiger partial charge in [0.15, 0.2) is 0 Å². The second-order valence-electron chi connectivity index (χ2n) is 4.20. The normalized spacial score (nSPS) is 10.8. The van der Waals surface area contributed by atoms with E-state index in [-0.39, 0.29) is 0 Å². The summed E-state index contributed by atoms with van der Waals surface area (Å²) in [6.45, 7) is 1.48. The molecule has 0 radical (unpaired) electrons. The fourth-order valence-electron chi connectivity index (χ4n) is 1.69. The van der Waals surface area contributed by atoms with Gasteiger partial charge in [0, 0.05) is 17.8 Å². The van der Waals surface area contributed by atoms with E-state index in [9.17, 15) is 0 Å². The highest BCUT2D eigenvalue weighted by Crippen LogP contribution is 2.11. The Labute approximate surface area is 111 Å². The molecule has 0 amide bonds. The quantitative estimate of drug-likeness (QED) is 0.919. The van der Waals surface area contributed by atoms with E-state index in [1.807, 2.05) is 31.3 Å². The highest BCUT2D eigenvalue weighted by atomic mass is 35.5. The van der Waals surface area contributed by atoms with Crippen LogP contribution in [0.15, 0.2) is 36.5 Å². The van der Waals surface area contributed by atoms with Crippen LogP contribution < -0.4 is 5.73 Å². The molecule has 94 valence electrons. The minimum atomic E-state index is 0.500. The summed E-state index contributed by atoms with van der Waals surface area (Å²) in [6, 6.07) is 9.49. The third-order valence-electron chi connectivity index (χ3n) is 2.50. The Morgan fingerprint density at radius 1 is 1.17 bits per heavy atom. The number of benzene rings is 1. The first kappa shape index (κ1) is 12.8. The van der Waals surface area contributed by atoms with Gasteiger partial charge in [0.1, 0.15) is 11.6 Å². The highest BCUT2D eigenvalue weighted by Gasteiger charge is 2.04. The smallest absolute Gasteiger partial charge is 0.144 e. The Hall–Kier alpha value is -1.65. The molecule has 0 bridgehead atoms. The summed E-state index contributed by atoms with van der Waals surface area (Å²) < 4.78 is 0. The molecule has 0 aliphatic rings. The summed E-state index contributed by atoms with van der Waals surface area (Å²) in [5, 5.41) is 0.751. The molecule has 2 N–H and O–H groups in total. The van der Waals surface area contributed by atoms with Crippen molar-refractivity contribution in [1.82, 2.24) is 14.9 Å². The van der Waals surface area contributed by atoms with Gasteiger partial charge in [-0.1, -0.05) is 23.7 Å². The van der Waals surface area contributed by atoms with Crippen LogP contribution >= 0.6 is 11.6 Å². The van der Waals surface area contributed by atoms with Crippen molar-refractivity contribution in [3.63, 3.8) is 0 Å². The lowest BCUT2D eigenvalue weighted by atomic mass is 10.2. The lowest BCUT2D eigenvalue weighted by Crippen LogP contribution is -2.19. The Balaban J connectivity index is 1.96. The van der Waals surface area contributed by atoms with E-state index in [1.165, 1.54) is 5.56 Å². The molecule has 0 aliphatic heterocycles. The SMILES string of the molecule is CN(Cc1ccc(Cl)cc1)Cc1nccc(N)n1. The van der Waals surface area contributed by atoms with Gasteiger partial charge in [0.05, 0.1) is 6.54 Å². The number of aromatic nitrogens is 2. The van der Waals surface area contributed by atoms with Crippen LogP contribution in [0.25, 0.3) is 0 Å². The molecule has 0 fully saturated rings. The van der Waals surface area contributed by atoms with E-state index in [4.69, 9.17) is 17.3 Å². The topological polar surface area (TPSA) is 55.0 Å².